The molecule has 0 unspecified atom stereocenters. The molecule has 9 heteroatoms. The molecule has 0 saturated heterocycles. The third-order valence-corrected chi connectivity index (χ3v) is 5.07. The maximum absolute atomic E-state index is 12.7. The lowest BCUT2D eigenvalue weighted by molar-refractivity contribution is -0.122. The second kappa shape index (κ2) is 8.86. The van der Waals surface area contributed by atoms with Gasteiger partial charge in [-0.25, -0.2) is 8.42 Å². The molecule has 1 amide bonds. The van der Waals surface area contributed by atoms with Crippen molar-refractivity contribution in [2.75, 3.05) is 41.5 Å². The molecule has 8 nitrogen and oxygen atoms in total. The van der Waals surface area contributed by atoms with Crippen LogP contribution in [-0.4, -0.2) is 66.2 Å². The summed E-state index contributed by atoms with van der Waals surface area (Å²) in [5.41, 5.74) is 0. The Hall–Kier alpha value is -1.84. The number of likely N-dealkylation sites (N-methyl/N-ethyl adjacent to an activating group) is 1. The Bertz CT molecular complexity index is 662. The molecule has 0 aliphatic carbocycles. The number of methoxy groups -OCH3 is 3. The van der Waals surface area contributed by atoms with E-state index in [4.69, 9.17) is 14.2 Å². The number of carbonyl (C=O) groups excluding carboxylic acids is 1. The van der Waals surface area contributed by atoms with Crippen molar-refractivity contribution < 1.29 is 27.4 Å². The van der Waals surface area contributed by atoms with Crippen LogP contribution in [0, 0.1) is 0 Å². The predicted molar refractivity (Wildman–Crippen MR) is 88.8 cm³/mol. The minimum absolute atomic E-state index is 0.0652. The lowest BCUT2D eigenvalue weighted by Crippen LogP contribution is -2.43. The first-order valence-corrected chi connectivity index (χ1v) is 8.67. The highest BCUT2D eigenvalue weighted by molar-refractivity contribution is 7.89. The number of sulfonamides is 1. The fourth-order valence-electron chi connectivity index (χ4n) is 2.05. The van der Waals surface area contributed by atoms with Gasteiger partial charge >= 0.3 is 0 Å². The third-order valence-electron chi connectivity index (χ3n) is 3.25. The van der Waals surface area contributed by atoms with Crippen LogP contribution in [0.5, 0.6) is 11.5 Å². The van der Waals surface area contributed by atoms with E-state index in [-0.39, 0.29) is 23.2 Å². The van der Waals surface area contributed by atoms with Crippen molar-refractivity contribution in [3.63, 3.8) is 0 Å². The van der Waals surface area contributed by atoms with Crippen LogP contribution in [0.4, 0.5) is 0 Å². The van der Waals surface area contributed by atoms with Crippen LogP contribution in [0.1, 0.15) is 6.92 Å². The molecule has 0 aliphatic rings. The molecule has 0 spiro atoms. The van der Waals surface area contributed by atoms with Gasteiger partial charge in [0.15, 0.2) is 0 Å². The van der Waals surface area contributed by atoms with Crippen molar-refractivity contribution in [1.82, 2.24) is 9.62 Å². The Morgan fingerprint density at radius 3 is 2.46 bits per heavy atom. The monoisotopic (exact) mass is 360 g/mol. The Morgan fingerprint density at radius 1 is 1.25 bits per heavy atom. The third kappa shape index (κ3) is 5.08. The summed E-state index contributed by atoms with van der Waals surface area (Å²) in [5, 5.41) is 2.66. The number of ether oxygens (including phenoxy) is 3. The molecule has 1 atom stereocenters. The Labute approximate surface area is 142 Å². The van der Waals surface area contributed by atoms with Gasteiger partial charge in [-0.05, 0) is 19.1 Å². The molecule has 1 aromatic carbocycles. The van der Waals surface area contributed by atoms with Crippen LogP contribution in [0.25, 0.3) is 0 Å². The molecule has 0 fully saturated rings. The number of hydrogen-bond acceptors (Lipinski definition) is 6. The van der Waals surface area contributed by atoms with Crippen molar-refractivity contribution in [3.05, 3.63) is 18.2 Å². The average molecular weight is 360 g/mol. The smallest absolute Gasteiger partial charge is 0.247 e. The lowest BCUT2D eigenvalue weighted by Gasteiger charge is -2.20. The Kier molecular flexibility index (Phi) is 7.46. The van der Waals surface area contributed by atoms with E-state index >= 15 is 0 Å². The van der Waals surface area contributed by atoms with Gasteiger partial charge < -0.3 is 19.5 Å². The van der Waals surface area contributed by atoms with Crippen LogP contribution in [0.3, 0.4) is 0 Å². The van der Waals surface area contributed by atoms with Crippen molar-refractivity contribution >= 4 is 15.9 Å². The zero-order chi connectivity index (χ0) is 18.3. The number of benzene rings is 1. The molecule has 24 heavy (non-hydrogen) atoms. The fraction of sp³-hybridized carbons (Fsp3) is 0.533. The van der Waals surface area contributed by atoms with Gasteiger partial charge in [-0.1, -0.05) is 0 Å². The number of carbonyl (C=O) groups is 1. The van der Waals surface area contributed by atoms with Crippen molar-refractivity contribution in [2.45, 2.75) is 17.9 Å². The van der Waals surface area contributed by atoms with Crippen LogP contribution in [-0.2, 0) is 19.6 Å². The standard InChI is InChI=1S/C15H24N2O6S/c1-11(10-21-3)16-15(18)9-17(2)24(19,20)14-8-12(22-4)6-7-13(14)23-5/h6-8,11H,9-10H2,1-5H3,(H,16,18)/t11-/m0/s1. The van der Waals surface area contributed by atoms with Gasteiger partial charge in [0.2, 0.25) is 15.9 Å². The van der Waals surface area contributed by atoms with Crippen LogP contribution < -0.4 is 14.8 Å². The zero-order valence-corrected chi connectivity index (χ0v) is 15.3. The van der Waals surface area contributed by atoms with Crippen LogP contribution >= 0.6 is 0 Å². The summed E-state index contributed by atoms with van der Waals surface area (Å²) in [6, 6.07) is 4.23. The maximum Gasteiger partial charge on any atom is 0.247 e. The summed E-state index contributed by atoms with van der Waals surface area (Å²) in [6.07, 6.45) is 0. The topological polar surface area (TPSA) is 94.2 Å². The summed E-state index contributed by atoms with van der Waals surface area (Å²) in [6.45, 7) is 1.78. The van der Waals surface area contributed by atoms with E-state index in [2.05, 4.69) is 5.32 Å². The minimum Gasteiger partial charge on any atom is -0.497 e. The molecule has 1 aromatic rings. The first-order valence-electron chi connectivity index (χ1n) is 7.23. The number of rotatable bonds is 9. The van der Waals surface area contributed by atoms with Gasteiger partial charge in [-0.3, -0.25) is 4.79 Å². The van der Waals surface area contributed by atoms with E-state index in [1.807, 2.05) is 0 Å². The first-order chi connectivity index (χ1) is 11.3. The summed E-state index contributed by atoms with van der Waals surface area (Å²) in [5.74, 6) is 0.129. The molecule has 0 radical (unpaired) electrons. The summed E-state index contributed by atoms with van der Waals surface area (Å²) in [7, 11) is 1.74. The molecule has 1 N–H and O–H groups in total. The van der Waals surface area contributed by atoms with Gasteiger partial charge in [-0.2, -0.15) is 4.31 Å². The molecule has 0 aromatic heterocycles. The number of hydrogen-bond donors (Lipinski definition) is 1. The number of amides is 1. The largest absolute Gasteiger partial charge is 0.497 e. The minimum atomic E-state index is -3.92. The molecule has 0 saturated carbocycles. The first kappa shape index (κ1) is 20.2. The van der Waals surface area contributed by atoms with E-state index in [0.717, 1.165) is 4.31 Å². The van der Waals surface area contributed by atoms with Crippen LogP contribution in [0.15, 0.2) is 23.1 Å². The zero-order valence-electron chi connectivity index (χ0n) is 14.5. The molecule has 136 valence electrons. The van der Waals surface area contributed by atoms with Gasteiger partial charge in [0.25, 0.3) is 0 Å². The SMILES string of the molecule is COC[C@H](C)NC(=O)CN(C)S(=O)(=O)c1cc(OC)ccc1OC. The average Bonchev–Trinajstić information content (AvgIpc) is 2.53. The molecule has 0 aliphatic heterocycles. The van der Waals surface area contributed by atoms with Crippen molar-refractivity contribution in [1.29, 1.82) is 0 Å². The maximum atomic E-state index is 12.7. The van der Waals surface area contributed by atoms with E-state index in [9.17, 15) is 13.2 Å². The molecule has 1 rings (SSSR count). The van der Waals surface area contributed by atoms with Crippen molar-refractivity contribution in [2.24, 2.45) is 0 Å². The lowest BCUT2D eigenvalue weighted by atomic mass is 10.3. The van der Waals surface area contributed by atoms with E-state index < -0.39 is 15.9 Å². The number of nitrogens with one attached hydrogen (secondary N) is 1. The Morgan fingerprint density at radius 2 is 1.92 bits per heavy atom. The van der Waals surface area contributed by atoms with E-state index in [1.54, 1.807) is 13.0 Å². The summed E-state index contributed by atoms with van der Waals surface area (Å²) in [4.78, 5) is 11.9. The molecular weight excluding hydrogens is 336 g/mol. The molecule has 0 bridgehead atoms. The summed E-state index contributed by atoms with van der Waals surface area (Å²) < 4.78 is 41.5. The normalized spacial score (nSPS) is 12.8. The molecule has 0 heterocycles. The predicted octanol–water partition coefficient (Wildman–Crippen LogP) is 0.475. The highest BCUT2D eigenvalue weighted by Gasteiger charge is 2.27. The van der Waals surface area contributed by atoms with Crippen molar-refractivity contribution in [3.8, 4) is 11.5 Å². The second-order valence-electron chi connectivity index (χ2n) is 5.20. The van der Waals surface area contributed by atoms with Crippen LogP contribution in [0.2, 0.25) is 0 Å². The second-order valence-corrected chi connectivity index (χ2v) is 7.22. The van der Waals surface area contributed by atoms with E-state index in [0.29, 0.717) is 12.4 Å². The highest BCUT2D eigenvalue weighted by atomic mass is 32.2. The van der Waals surface area contributed by atoms with Gasteiger partial charge in [0.1, 0.15) is 16.4 Å². The van der Waals surface area contributed by atoms with Gasteiger partial charge in [-0.15, -0.1) is 0 Å². The quantitative estimate of drug-likeness (QED) is 0.688. The van der Waals surface area contributed by atoms with Gasteiger partial charge in [0, 0.05) is 26.3 Å². The fourth-order valence-corrected chi connectivity index (χ4v) is 3.35. The van der Waals surface area contributed by atoms with E-state index in [1.165, 1.54) is 40.5 Å². The molecular formula is C15H24N2O6S. The summed E-state index contributed by atoms with van der Waals surface area (Å²) >= 11 is 0. The Balaban J connectivity index is 2.97. The number of nitrogens with zero attached hydrogens (tertiary/aromatic N) is 1. The highest BCUT2D eigenvalue weighted by Crippen LogP contribution is 2.29. The van der Waals surface area contributed by atoms with Gasteiger partial charge in [0.05, 0.1) is 27.4 Å².